The number of piperidine rings is 1. The van der Waals surface area contributed by atoms with Gasteiger partial charge in [-0.25, -0.2) is 14.8 Å². The third kappa shape index (κ3) is 4.04. The van der Waals surface area contributed by atoms with Gasteiger partial charge in [-0.05, 0) is 73.9 Å². The SMILES string of the molecule is COc1cc(C(=O)N2CC3CCC2C3N)cc2nc(-c3cc4ccc(-c5ccc6c(c5)C(=O)OC6)nc4n3CC3CC3)n(C)c12. The average Bonchev–Trinajstić information content (AvgIpc) is 3.26. The van der Waals surface area contributed by atoms with E-state index in [1.807, 2.05) is 48.3 Å². The van der Waals surface area contributed by atoms with Crippen molar-refractivity contribution >= 4 is 33.9 Å². The summed E-state index contributed by atoms with van der Waals surface area (Å²) in [6.07, 6.45) is 4.44. The number of esters is 1. The average molecular weight is 603 g/mol. The lowest BCUT2D eigenvalue weighted by Crippen LogP contribution is -2.41. The molecule has 3 aromatic heterocycles. The van der Waals surface area contributed by atoms with Crippen molar-refractivity contribution in [1.29, 1.82) is 0 Å². The highest BCUT2D eigenvalue weighted by Crippen LogP contribution is 2.40. The second-order valence-electron chi connectivity index (χ2n) is 13.1. The molecular formula is C35H34N6O4. The number of fused-ring (bicyclic) bond motifs is 5. The number of amides is 1. The Morgan fingerprint density at radius 3 is 2.69 bits per heavy atom. The van der Waals surface area contributed by atoms with Crippen LogP contribution < -0.4 is 10.5 Å². The number of nitrogens with zero attached hydrogens (tertiary/aromatic N) is 5. The Hall–Kier alpha value is -4.70. The number of likely N-dealkylation sites (tertiary alicyclic amines) is 1. The molecule has 3 atom stereocenters. The quantitative estimate of drug-likeness (QED) is 0.275. The smallest absolute Gasteiger partial charge is 0.338 e. The lowest BCUT2D eigenvalue weighted by molar-refractivity contribution is 0.0534. The van der Waals surface area contributed by atoms with Crippen LogP contribution in [0.3, 0.4) is 0 Å². The Labute approximate surface area is 259 Å². The lowest BCUT2D eigenvalue weighted by atomic mass is 10.0. The van der Waals surface area contributed by atoms with Gasteiger partial charge in [-0.2, -0.15) is 0 Å². The number of hydrogen-bond acceptors (Lipinski definition) is 7. The third-order valence-corrected chi connectivity index (χ3v) is 10.4. The number of rotatable bonds is 6. The van der Waals surface area contributed by atoms with Crippen LogP contribution in [0.2, 0.25) is 0 Å². The first-order valence-electron chi connectivity index (χ1n) is 15.8. The molecule has 3 fully saturated rings. The van der Waals surface area contributed by atoms with Gasteiger partial charge in [0.05, 0.1) is 29.6 Å². The van der Waals surface area contributed by atoms with Crippen molar-refractivity contribution in [3.05, 3.63) is 65.2 Å². The summed E-state index contributed by atoms with van der Waals surface area (Å²) in [6, 6.07) is 16.0. The van der Waals surface area contributed by atoms with Crippen molar-refractivity contribution in [3.8, 4) is 28.5 Å². The number of carbonyl (C=O) groups excluding carboxylic acids is 2. The largest absolute Gasteiger partial charge is 0.494 e. The van der Waals surface area contributed by atoms with Crippen LogP contribution in [0.25, 0.3) is 44.8 Å². The first-order valence-corrected chi connectivity index (χ1v) is 15.8. The maximum Gasteiger partial charge on any atom is 0.338 e. The van der Waals surface area contributed by atoms with Gasteiger partial charge >= 0.3 is 5.97 Å². The third-order valence-electron chi connectivity index (χ3n) is 10.4. The van der Waals surface area contributed by atoms with E-state index in [0.717, 1.165) is 64.3 Å². The molecule has 0 spiro atoms. The standard InChI is InChI=1S/C35H34N6O4/c1-39-31-26(12-23(14-29(31)44-2)34(42)41-16-21-8-10-27(41)30(21)36)38-33(39)28-13-20-7-9-25(37-32(20)40(28)15-18-3-4-18)19-5-6-22-17-45-35(43)24(22)11-19/h5-7,9,11-14,18,21,27,30H,3-4,8,10,15-17,36H2,1-2H3. The summed E-state index contributed by atoms with van der Waals surface area (Å²) in [4.78, 5) is 38.2. The van der Waals surface area contributed by atoms with Crippen molar-refractivity contribution in [3.63, 3.8) is 0 Å². The second-order valence-corrected chi connectivity index (χ2v) is 13.1. The molecule has 5 heterocycles. The summed E-state index contributed by atoms with van der Waals surface area (Å²) >= 11 is 0. The van der Waals surface area contributed by atoms with Crippen LogP contribution in [0.5, 0.6) is 5.75 Å². The Balaban J connectivity index is 1.15. The molecule has 4 aliphatic rings. The molecule has 228 valence electrons. The van der Waals surface area contributed by atoms with Gasteiger partial charge in [0, 0.05) is 54.3 Å². The molecule has 0 radical (unpaired) electrons. The number of carbonyl (C=O) groups is 2. The van der Waals surface area contributed by atoms with Crippen LogP contribution >= 0.6 is 0 Å². The van der Waals surface area contributed by atoms with Crippen molar-refractivity contribution in [2.75, 3.05) is 13.7 Å². The van der Waals surface area contributed by atoms with E-state index in [2.05, 4.69) is 21.3 Å². The van der Waals surface area contributed by atoms with E-state index < -0.39 is 0 Å². The number of benzene rings is 2. The van der Waals surface area contributed by atoms with E-state index in [4.69, 9.17) is 25.2 Å². The van der Waals surface area contributed by atoms with Crippen molar-refractivity contribution < 1.29 is 19.1 Å². The molecule has 1 saturated heterocycles. The molecule has 2 N–H and O–H groups in total. The number of cyclic esters (lactones) is 1. The van der Waals surface area contributed by atoms with Crippen molar-refractivity contribution in [2.24, 2.45) is 24.6 Å². The van der Waals surface area contributed by atoms with Crippen LogP contribution in [0.15, 0.2) is 48.5 Å². The highest BCUT2D eigenvalue weighted by Gasteiger charge is 2.47. The van der Waals surface area contributed by atoms with Gasteiger partial charge in [0.25, 0.3) is 5.91 Å². The maximum absolute atomic E-state index is 13.7. The topological polar surface area (TPSA) is 118 Å². The molecule has 1 amide bonds. The molecule has 2 aromatic carbocycles. The Kier molecular flexibility index (Phi) is 5.72. The summed E-state index contributed by atoms with van der Waals surface area (Å²) in [5.41, 5.74) is 13.6. The van der Waals surface area contributed by atoms with E-state index in [0.29, 0.717) is 47.4 Å². The van der Waals surface area contributed by atoms with Crippen LogP contribution in [0.1, 0.15) is 52.0 Å². The molecule has 10 nitrogen and oxygen atoms in total. The molecule has 2 aliphatic heterocycles. The van der Waals surface area contributed by atoms with Gasteiger partial charge in [0.2, 0.25) is 0 Å². The fraction of sp³-hybridized carbons (Fsp3) is 0.371. The van der Waals surface area contributed by atoms with Crippen LogP contribution in [-0.4, -0.2) is 61.6 Å². The number of aryl methyl sites for hydroxylation is 1. The second kappa shape index (κ2) is 9.65. The number of ether oxygens (including phenoxy) is 2. The van der Waals surface area contributed by atoms with Gasteiger partial charge < -0.3 is 29.2 Å². The zero-order chi connectivity index (χ0) is 30.6. The molecule has 2 saturated carbocycles. The van der Waals surface area contributed by atoms with E-state index >= 15 is 0 Å². The minimum Gasteiger partial charge on any atom is -0.494 e. The molecular weight excluding hydrogens is 568 g/mol. The van der Waals surface area contributed by atoms with Gasteiger partial charge in [-0.15, -0.1) is 0 Å². The van der Waals surface area contributed by atoms with E-state index in [-0.39, 0.29) is 24.0 Å². The maximum atomic E-state index is 13.7. The molecule has 2 aliphatic carbocycles. The lowest BCUT2D eigenvalue weighted by Gasteiger charge is -2.27. The van der Waals surface area contributed by atoms with Crippen LogP contribution in [-0.2, 0) is 24.9 Å². The number of nitrogens with two attached hydrogens (primary N) is 1. The monoisotopic (exact) mass is 602 g/mol. The number of methoxy groups -OCH3 is 1. The first kappa shape index (κ1) is 26.7. The first-order chi connectivity index (χ1) is 21.9. The molecule has 45 heavy (non-hydrogen) atoms. The highest BCUT2D eigenvalue weighted by molar-refractivity contribution is 6.00. The summed E-state index contributed by atoms with van der Waals surface area (Å²) in [5, 5.41) is 1.02. The molecule has 3 unspecified atom stereocenters. The van der Waals surface area contributed by atoms with Gasteiger partial charge in [0.15, 0.2) is 5.82 Å². The van der Waals surface area contributed by atoms with E-state index in [1.165, 1.54) is 12.8 Å². The summed E-state index contributed by atoms with van der Waals surface area (Å²) < 4.78 is 15.4. The zero-order valence-electron chi connectivity index (χ0n) is 25.3. The fourth-order valence-corrected chi connectivity index (χ4v) is 7.76. The van der Waals surface area contributed by atoms with Gasteiger partial charge in [-0.1, -0.05) is 12.1 Å². The van der Waals surface area contributed by atoms with Crippen LogP contribution in [0.4, 0.5) is 0 Å². The summed E-state index contributed by atoms with van der Waals surface area (Å²) in [6.45, 7) is 1.87. The molecule has 10 heteroatoms. The minimum atomic E-state index is -0.286. The van der Waals surface area contributed by atoms with E-state index in [9.17, 15) is 9.59 Å². The Bertz CT molecular complexity index is 2070. The fourth-order valence-electron chi connectivity index (χ4n) is 7.76. The molecule has 2 bridgehead atoms. The highest BCUT2D eigenvalue weighted by atomic mass is 16.5. The van der Waals surface area contributed by atoms with Gasteiger partial charge in [0.1, 0.15) is 23.5 Å². The normalized spacial score (nSPS) is 22.1. The minimum absolute atomic E-state index is 0.00977. The zero-order valence-corrected chi connectivity index (χ0v) is 25.3. The molecule has 9 rings (SSSR count). The van der Waals surface area contributed by atoms with Gasteiger partial charge in [-0.3, -0.25) is 4.79 Å². The predicted octanol–water partition coefficient (Wildman–Crippen LogP) is 4.91. The van der Waals surface area contributed by atoms with Crippen molar-refractivity contribution in [2.45, 2.75) is 50.9 Å². The Morgan fingerprint density at radius 2 is 1.93 bits per heavy atom. The Morgan fingerprint density at radius 1 is 1.07 bits per heavy atom. The number of pyridine rings is 1. The number of aromatic nitrogens is 4. The number of hydrogen-bond donors (Lipinski definition) is 1. The summed E-state index contributed by atoms with van der Waals surface area (Å²) in [5.74, 6) is 2.08. The molecule has 5 aromatic rings. The number of imidazole rings is 1. The van der Waals surface area contributed by atoms with Crippen LogP contribution in [0, 0.1) is 11.8 Å². The van der Waals surface area contributed by atoms with E-state index in [1.54, 1.807) is 7.11 Å². The van der Waals surface area contributed by atoms with Crippen molar-refractivity contribution in [1.82, 2.24) is 24.0 Å². The summed E-state index contributed by atoms with van der Waals surface area (Å²) in [7, 11) is 3.63. The predicted molar refractivity (Wildman–Crippen MR) is 169 cm³/mol.